The number of allylic oxidation sites excluding steroid dienone is 2. The molecule has 0 aliphatic rings. The summed E-state index contributed by atoms with van der Waals surface area (Å²) in [5, 5.41) is 16.7. The normalized spacial score (nSPS) is 11.7. The second-order valence-corrected chi connectivity index (χ2v) is 15.5. The van der Waals surface area contributed by atoms with Gasteiger partial charge in [0, 0.05) is 28.6 Å². The first-order chi connectivity index (χ1) is 30.6. The first kappa shape index (κ1) is 38.1. The molecular weight excluding hydrogens is 755 g/mol. The smallest absolute Gasteiger partial charge is 0.135 e. The predicted octanol–water partition coefficient (Wildman–Crippen LogP) is 15.8. The fraction of sp³-hybridized carbons (Fsp3) is 0.0169. The van der Waals surface area contributed by atoms with Gasteiger partial charge in [0.1, 0.15) is 16.9 Å². The lowest BCUT2D eigenvalue weighted by molar-refractivity contribution is 0.477. The van der Waals surface area contributed by atoms with E-state index in [2.05, 4.69) is 181 Å². The van der Waals surface area contributed by atoms with Crippen LogP contribution in [0.25, 0.3) is 89.2 Å². The summed E-state index contributed by atoms with van der Waals surface area (Å²) in [6.45, 7) is 0.611. The van der Waals surface area contributed by atoms with E-state index in [0.29, 0.717) is 6.54 Å². The molecule has 3 heteroatoms. The van der Waals surface area contributed by atoms with Crippen LogP contribution in [0.4, 0.5) is 5.69 Å². The van der Waals surface area contributed by atoms with Crippen molar-refractivity contribution in [2.45, 2.75) is 0 Å². The number of anilines is 1. The van der Waals surface area contributed by atoms with Gasteiger partial charge in [-0.05, 0) is 109 Å². The molecule has 3 nitrogen and oxygen atoms in total. The molecule has 0 saturated heterocycles. The Labute approximate surface area is 362 Å². The van der Waals surface area contributed by atoms with E-state index in [9.17, 15) is 5.11 Å². The SMILES string of the molecule is Oc1ccc(C(/C=C\c2ccc(-c3ccc(-c4ccc(-c5ccccc5)cc4)cc3)cc2)=C/CNc2ccc(-c3ccc4oc5ccccc5c4c3)cc2)cc1-c1ccccc1. The number of furan rings is 1. The zero-order valence-electron chi connectivity index (χ0n) is 34.1. The number of rotatable bonds is 11. The molecule has 0 fully saturated rings. The molecule has 1 heterocycles. The van der Waals surface area contributed by atoms with Gasteiger partial charge in [-0.25, -0.2) is 0 Å². The van der Waals surface area contributed by atoms with Crippen LogP contribution >= 0.6 is 0 Å². The number of phenols is 1. The minimum atomic E-state index is 0.256. The van der Waals surface area contributed by atoms with Crippen molar-refractivity contribution in [1.82, 2.24) is 0 Å². The van der Waals surface area contributed by atoms with E-state index < -0.39 is 0 Å². The van der Waals surface area contributed by atoms with E-state index in [-0.39, 0.29) is 5.75 Å². The molecule has 0 spiro atoms. The van der Waals surface area contributed by atoms with E-state index in [1.807, 2.05) is 54.6 Å². The monoisotopic (exact) mass is 797 g/mol. The standard InChI is InChI=1S/C59H43NO2/c61-57-35-31-51(39-55(57)50-11-5-2-6-12-50)49(37-38-60-53-33-29-48(30-34-53)52-32-36-59-56(40-52)54-13-7-8-14-58(54)62-59)20-17-41-15-18-43(19-16-41)45-25-27-47(28-26-45)46-23-21-44(22-24-46)42-9-3-1-4-10-42/h1-37,39-40,60-61H,38H2/b20-17-,49-37+. The van der Waals surface area contributed by atoms with Gasteiger partial charge in [0.15, 0.2) is 0 Å². The van der Waals surface area contributed by atoms with E-state index in [1.165, 1.54) is 33.4 Å². The van der Waals surface area contributed by atoms with E-state index in [0.717, 1.165) is 66.6 Å². The maximum absolute atomic E-state index is 10.9. The Balaban J connectivity index is 0.863. The number of hydrogen-bond acceptors (Lipinski definition) is 3. The lowest BCUT2D eigenvalue weighted by Gasteiger charge is -2.11. The fourth-order valence-corrected chi connectivity index (χ4v) is 8.13. The Bertz CT molecular complexity index is 3180. The van der Waals surface area contributed by atoms with Gasteiger partial charge in [0.05, 0.1) is 0 Å². The van der Waals surface area contributed by atoms with Crippen LogP contribution in [0.1, 0.15) is 11.1 Å². The van der Waals surface area contributed by atoms with E-state index >= 15 is 0 Å². The van der Waals surface area contributed by atoms with Crippen molar-refractivity contribution in [3.8, 4) is 61.4 Å². The van der Waals surface area contributed by atoms with Crippen LogP contribution in [0.3, 0.4) is 0 Å². The predicted molar refractivity (Wildman–Crippen MR) is 261 cm³/mol. The van der Waals surface area contributed by atoms with Crippen molar-refractivity contribution >= 4 is 39.3 Å². The quantitative estimate of drug-likeness (QED) is 0.128. The Morgan fingerprint density at radius 1 is 0.435 bits per heavy atom. The third-order valence-corrected chi connectivity index (χ3v) is 11.5. The second kappa shape index (κ2) is 17.2. The fourth-order valence-electron chi connectivity index (χ4n) is 8.13. The lowest BCUT2D eigenvalue weighted by Crippen LogP contribution is -1.99. The topological polar surface area (TPSA) is 45.4 Å². The zero-order chi connectivity index (χ0) is 41.7. The average Bonchev–Trinajstić information content (AvgIpc) is 3.72. The molecule has 0 bridgehead atoms. The van der Waals surface area contributed by atoms with Crippen molar-refractivity contribution < 1.29 is 9.52 Å². The number of nitrogens with one attached hydrogen (secondary N) is 1. The largest absolute Gasteiger partial charge is 0.507 e. The molecular formula is C59H43NO2. The minimum Gasteiger partial charge on any atom is -0.507 e. The molecule has 1 aromatic heterocycles. The molecule has 10 aromatic rings. The van der Waals surface area contributed by atoms with Crippen molar-refractivity contribution in [2.75, 3.05) is 11.9 Å². The van der Waals surface area contributed by atoms with Crippen LogP contribution in [0.5, 0.6) is 5.75 Å². The highest BCUT2D eigenvalue weighted by atomic mass is 16.3. The van der Waals surface area contributed by atoms with Gasteiger partial charge < -0.3 is 14.8 Å². The van der Waals surface area contributed by atoms with Crippen LogP contribution in [0.2, 0.25) is 0 Å². The Hall–Kier alpha value is -8.14. The van der Waals surface area contributed by atoms with Gasteiger partial charge in [0.2, 0.25) is 0 Å². The van der Waals surface area contributed by atoms with Gasteiger partial charge in [-0.2, -0.15) is 0 Å². The maximum atomic E-state index is 10.9. The van der Waals surface area contributed by atoms with Gasteiger partial charge in [-0.15, -0.1) is 0 Å². The summed E-state index contributed by atoms with van der Waals surface area (Å²) in [5.74, 6) is 0.256. The molecule has 9 aromatic carbocycles. The molecule has 0 atom stereocenters. The Morgan fingerprint density at radius 3 is 1.58 bits per heavy atom. The van der Waals surface area contributed by atoms with Gasteiger partial charge >= 0.3 is 0 Å². The summed E-state index contributed by atoms with van der Waals surface area (Å²) < 4.78 is 6.05. The zero-order valence-corrected chi connectivity index (χ0v) is 34.1. The summed E-state index contributed by atoms with van der Waals surface area (Å²) in [6, 6.07) is 75.8. The number of benzene rings is 9. The highest BCUT2D eigenvalue weighted by molar-refractivity contribution is 6.06. The molecule has 0 saturated carbocycles. The first-order valence-corrected chi connectivity index (χ1v) is 21.0. The van der Waals surface area contributed by atoms with Gasteiger partial charge in [-0.3, -0.25) is 0 Å². The van der Waals surface area contributed by atoms with Crippen molar-refractivity contribution in [3.05, 3.63) is 242 Å². The molecule has 62 heavy (non-hydrogen) atoms. The summed E-state index contributed by atoms with van der Waals surface area (Å²) in [6.07, 6.45) is 6.52. The van der Waals surface area contributed by atoms with Crippen molar-refractivity contribution in [3.63, 3.8) is 0 Å². The molecule has 0 aliphatic carbocycles. The molecule has 296 valence electrons. The summed E-state index contributed by atoms with van der Waals surface area (Å²) >= 11 is 0. The van der Waals surface area contributed by atoms with Crippen molar-refractivity contribution in [2.24, 2.45) is 0 Å². The summed E-state index contributed by atoms with van der Waals surface area (Å²) in [7, 11) is 0. The molecule has 0 aliphatic heterocycles. The minimum absolute atomic E-state index is 0.256. The van der Waals surface area contributed by atoms with E-state index in [1.54, 1.807) is 6.07 Å². The number of aromatic hydroxyl groups is 1. The number of hydrogen-bond donors (Lipinski definition) is 2. The van der Waals surface area contributed by atoms with Crippen LogP contribution in [-0.2, 0) is 0 Å². The first-order valence-electron chi connectivity index (χ1n) is 21.0. The van der Waals surface area contributed by atoms with Crippen LogP contribution in [-0.4, -0.2) is 11.7 Å². The van der Waals surface area contributed by atoms with Crippen LogP contribution < -0.4 is 5.32 Å². The third-order valence-electron chi connectivity index (χ3n) is 11.5. The van der Waals surface area contributed by atoms with E-state index in [4.69, 9.17) is 4.42 Å². The lowest BCUT2D eigenvalue weighted by atomic mass is 9.96. The van der Waals surface area contributed by atoms with Crippen molar-refractivity contribution in [1.29, 1.82) is 0 Å². The van der Waals surface area contributed by atoms with Gasteiger partial charge in [-0.1, -0.05) is 194 Å². The molecule has 2 N–H and O–H groups in total. The Morgan fingerprint density at radius 2 is 0.935 bits per heavy atom. The summed E-state index contributed by atoms with van der Waals surface area (Å²) in [5.41, 5.74) is 17.2. The molecule has 0 amide bonds. The molecule has 0 unspecified atom stereocenters. The Kier molecular flexibility index (Phi) is 10.6. The number of fused-ring (bicyclic) bond motifs is 3. The highest BCUT2D eigenvalue weighted by Crippen LogP contribution is 2.35. The molecule has 0 radical (unpaired) electrons. The summed E-state index contributed by atoms with van der Waals surface area (Å²) in [4.78, 5) is 0. The van der Waals surface area contributed by atoms with Crippen LogP contribution in [0.15, 0.2) is 235 Å². The number of phenolic OH excluding ortho intramolecular Hbond substituents is 1. The maximum Gasteiger partial charge on any atom is 0.135 e. The second-order valence-electron chi connectivity index (χ2n) is 15.5. The molecule has 10 rings (SSSR count). The highest BCUT2D eigenvalue weighted by Gasteiger charge is 2.10. The van der Waals surface area contributed by atoms with Crippen LogP contribution in [0, 0.1) is 0 Å². The third kappa shape index (κ3) is 8.21. The number of para-hydroxylation sites is 1. The average molecular weight is 798 g/mol. The van der Waals surface area contributed by atoms with Gasteiger partial charge in [0.25, 0.3) is 0 Å².